The number of rotatable bonds is 4. The summed E-state index contributed by atoms with van der Waals surface area (Å²) in [5.74, 6) is 1.55. The van der Waals surface area contributed by atoms with Gasteiger partial charge in [-0.3, -0.25) is 9.19 Å². The Balaban J connectivity index is 2.10. The van der Waals surface area contributed by atoms with Gasteiger partial charge in [-0.1, -0.05) is 6.92 Å². The molecular formula is C12H19N3OS. The Morgan fingerprint density at radius 1 is 1.47 bits per heavy atom. The van der Waals surface area contributed by atoms with Crippen LogP contribution in [0.25, 0.3) is 0 Å². The van der Waals surface area contributed by atoms with Crippen LogP contribution in [-0.2, 0) is 17.3 Å². The molecule has 0 atom stereocenters. The van der Waals surface area contributed by atoms with Crippen molar-refractivity contribution in [1.29, 1.82) is 0 Å². The quantitative estimate of drug-likeness (QED) is 0.860. The zero-order chi connectivity index (χ0) is 12.1. The fourth-order valence-corrected chi connectivity index (χ4v) is 3.04. The fraction of sp³-hybridized carbons (Fsp3) is 0.583. The predicted molar refractivity (Wildman–Crippen MR) is 71.7 cm³/mol. The molecule has 0 amide bonds. The van der Waals surface area contributed by atoms with Crippen LogP contribution in [-0.4, -0.2) is 40.3 Å². The maximum atomic E-state index is 11.4. The maximum Gasteiger partial charge on any atom is 0.0598 e. The number of nitrogens with one attached hydrogen (secondary N) is 1. The number of hydrogen-bond donors (Lipinski definition) is 1. The van der Waals surface area contributed by atoms with Crippen molar-refractivity contribution in [2.45, 2.75) is 13.5 Å². The molecule has 2 rings (SSSR count). The highest BCUT2D eigenvalue weighted by Gasteiger charge is 2.17. The molecule has 1 aliphatic rings. The van der Waals surface area contributed by atoms with Crippen LogP contribution in [0, 0.1) is 0 Å². The summed E-state index contributed by atoms with van der Waals surface area (Å²) in [7, 11) is -0.624. The van der Waals surface area contributed by atoms with Gasteiger partial charge in [-0.05, 0) is 18.2 Å². The van der Waals surface area contributed by atoms with E-state index in [1.54, 1.807) is 0 Å². The Morgan fingerprint density at radius 3 is 2.94 bits per heavy atom. The zero-order valence-electron chi connectivity index (χ0n) is 10.2. The lowest BCUT2D eigenvalue weighted by Crippen LogP contribution is -2.38. The normalized spacial score (nSPS) is 17.4. The molecule has 0 spiro atoms. The van der Waals surface area contributed by atoms with Crippen LogP contribution < -0.4 is 10.2 Å². The first-order valence-electron chi connectivity index (χ1n) is 6.04. The molecule has 2 heterocycles. The fourth-order valence-electron chi connectivity index (χ4n) is 1.99. The molecule has 0 aromatic carbocycles. The zero-order valence-corrected chi connectivity index (χ0v) is 11.0. The number of aromatic nitrogens is 1. The largest absolute Gasteiger partial charge is 0.368 e. The first kappa shape index (κ1) is 12.5. The number of anilines is 1. The summed E-state index contributed by atoms with van der Waals surface area (Å²) in [5, 5.41) is 3.34. The van der Waals surface area contributed by atoms with Crippen LogP contribution in [0.1, 0.15) is 12.5 Å². The van der Waals surface area contributed by atoms with Crippen LogP contribution in [0.5, 0.6) is 0 Å². The predicted octanol–water partition coefficient (Wildman–Crippen LogP) is 0.760. The molecule has 0 radical (unpaired) electrons. The molecule has 1 aromatic heterocycles. The summed E-state index contributed by atoms with van der Waals surface area (Å²) in [6, 6.07) is 2.06. The van der Waals surface area contributed by atoms with Crippen molar-refractivity contribution in [3.05, 3.63) is 24.0 Å². The third-order valence-electron chi connectivity index (χ3n) is 2.97. The van der Waals surface area contributed by atoms with E-state index in [1.807, 2.05) is 12.4 Å². The van der Waals surface area contributed by atoms with E-state index >= 15 is 0 Å². The molecule has 0 bridgehead atoms. The van der Waals surface area contributed by atoms with Crippen molar-refractivity contribution in [2.75, 3.05) is 36.0 Å². The molecule has 5 heteroatoms. The molecule has 1 N–H and O–H groups in total. The molecule has 17 heavy (non-hydrogen) atoms. The Morgan fingerprint density at radius 2 is 2.24 bits per heavy atom. The van der Waals surface area contributed by atoms with Crippen LogP contribution >= 0.6 is 0 Å². The summed E-state index contributed by atoms with van der Waals surface area (Å²) in [4.78, 5) is 6.50. The van der Waals surface area contributed by atoms with E-state index in [4.69, 9.17) is 0 Å². The summed E-state index contributed by atoms with van der Waals surface area (Å²) in [6.45, 7) is 5.68. The van der Waals surface area contributed by atoms with Gasteiger partial charge in [0.2, 0.25) is 0 Å². The van der Waals surface area contributed by atoms with Gasteiger partial charge in [0.25, 0.3) is 0 Å². The number of hydrogen-bond acceptors (Lipinski definition) is 4. The van der Waals surface area contributed by atoms with Crippen molar-refractivity contribution in [1.82, 2.24) is 10.3 Å². The highest BCUT2D eigenvalue weighted by Crippen LogP contribution is 2.20. The van der Waals surface area contributed by atoms with E-state index in [0.717, 1.165) is 37.7 Å². The minimum Gasteiger partial charge on any atom is -0.368 e. The molecule has 1 aromatic rings. The highest BCUT2D eigenvalue weighted by atomic mass is 32.2. The topological polar surface area (TPSA) is 45.2 Å². The number of pyridine rings is 1. The molecular weight excluding hydrogens is 234 g/mol. The molecule has 1 fully saturated rings. The van der Waals surface area contributed by atoms with Crippen LogP contribution in [0.15, 0.2) is 18.5 Å². The Bertz CT molecular complexity index is 387. The summed E-state index contributed by atoms with van der Waals surface area (Å²) >= 11 is 0. The summed E-state index contributed by atoms with van der Waals surface area (Å²) in [6.07, 6.45) is 3.75. The SMILES string of the molecule is CCNCc1ccncc1N1CCS(=O)CC1. The lowest BCUT2D eigenvalue weighted by Gasteiger charge is -2.29. The van der Waals surface area contributed by atoms with Gasteiger partial charge in [0.15, 0.2) is 0 Å². The van der Waals surface area contributed by atoms with Gasteiger partial charge in [0.05, 0.1) is 11.9 Å². The van der Waals surface area contributed by atoms with Crippen molar-refractivity contribution < 1.29 is 4.21 Å². The highest BCUT2D eigenvalue weighted by molar-refractivity contribution is 7.85. The van der Waals surface area contributed by atoms with Crippen LogP contribution in [0.4, 0.5) is 5.69 Å². The van der Waals surface area contributed by atoms with Gasteiger partial charge in [0.1, 0.15) is 0 Å². The molecule has 4 nitrogen and oxygen atoms in total. The Hall–Kier alpha value is -0.940. The van der Waals surface area contributed by atoms with Crippen LogP contribution in [0.2, 0.25) is 0 Å². The third-order valence-corrected chi connectivity index (χ3v) is 4.25. The van der Waals surface area contributed by atoms with Gasteiger partial charge >= 0.3 is 0 Å². The summed E-state index contributed by atoms with van der Waals surface area (Å²) in [5.41, 5.74) is 2.46. The van der Waals surface area contributed by atoms with Crippen molar-refractivity contribution in [3.8, 4) is 0 Å². The minimum atomic E-state index is -0.624. The second-order valence-corrected chi connectivity index (χ2v) is 5.82. The Labute approximate surface area is 105 Å². The van der Waals surface area contributed by atoms with E-state index in [9.17, 15) is 4.21 Å². The van der Waals surface area contributed by atoms with Crippen LogP contribution in [0.3, 0.4) is 0 Å². The summed E-state index contributed by atoms with van der Waals surface area (Å²) < 4.78 is 11.4. The lowest BCUT2D eigenvalue weighted by atomic mass is 10.2. The van der Waals surface area contributed by atoms with E-state index in [2.05, 4.69) is 28.2 Å². The lowest BCUT2D eigenvalue weighted by molar-refractivity contribution is 0.671. The molecule has 0 unspecified atom stereocenters. The van der Waals surface area contributed by atoms with Gasteiger partial charge in [-0.25, -0.2) is 0 Å². The van der Waals surface area contributed by atoms with E-state index in [-0.39, 0.29) is 0 Å². The van der Waals surface area contributed by atoms with Gasteiger partial charge < -0.3 is 10.2 Å². The average molecular weight is 253 g/mol. The van der Waals surface area contributed by atoms with Crippen molar-refractivity contribution >= 4 is 16.5 Å². The third kappa shape index (κ3) is 3.26. The van der Waals surface area contributed by atoms with Crippen molar-refractivity contribution in [2.24, 2.45) is 0 Å². The molecule has 0 aliphatic carbocycles. The second-order valence-electron chi connectivity index (χ2n) is 4.12. The monoisotopic (exact) mass is 253 g/mol. The Kier molecular flexibility index (Phi) is 4.50. The van der Waals surface area contributed by atoms with E-state index < -0.39 is 10.8 Å². The molecule has 1 saturated heterocycles. The van der Waals surface area contributed by atoms with Gasteiger partial charge in [0, 0.05) is 48.1 Å². The van der Waals surface area contributed by atoms with E-state index in [0.29, 0.717) is 0 Å². The second kappa shape index (κ2) is 6.12. The van der Waals surface area contributed by atoms with Gasteiger partial charge in [-0.2, -0.15) is 0 Å². The molecule has 1 aliphatic heterocycles. The molecule has 0 saturated carbocycles. The first-order chi connectivity index (χ1) is 8.31. The number of nitrogens with zero attached hydrogens (tertiary/aromatic N) is 2. The minimum absolute atomic E-state index is 0.624. The van der Waals surface area contributed by atoms with Crippen molar-refractivity contribution in [3.63, 3.8) is 0 Å². The van der Waals surface area contributed by atoms with E-state index in [1.165, 1.54) is 11.3 Å². The maximum absolute atomic E-state index is 11.4. The van der Waals surface area contributed by atoms with Gasteiger partial charge in [-0.15, -0.1) is 0 Å². The average Bonchev–Trinajstić information content (AvgIpc) is 2.38. The smallest absolute Gasteiger partial charge is 0.0598 e. The molecule has 94 valence electrons. The standard InChI is InChI=1S/C12H19N3OS/c1-2-13-9-11-3-4-14-10-12(11)15-5-7-17(16)8-6-15/h3-4,10,13H,2,5-9H2,1H3. The first-order valence-corrected chi connectivity index (χ1v) is 7.53.